The molecule has 0 saturated heterocycles. The SMILES string of the molecule is COC(=O)c1cccc(NC(=O)CN(c2ccc(Oc3ccccc3)cc2)S(=O)(=O)c2ccc(C)cc2)c1C. The zero-order valence-electron chi connectivity index (χ0n) is 21.7. The van der Waals surface area contributed by atoms with E-state index in [4.69, 9.17) is 9.47 Å². The fourth-order valence-electron chi connectivity index (χ4n) is 3.88. The number of carbonyl (C=O) groups is 2. The molecule has 0 aliphatic carbocycles. The molecule has 39 heavy (non-hydrogen) atoms. The van der Waals surface area contributed by atoms with Gasteiger partial charge in [0.2, 0.25) is 5.91 Å². The van der Waals surface area contributed by atoms with Crippen LogP contribution in [-0.4, -0.2) is 33.9 Å². The van der Waals surface area contributed by atoms with Gasteiger partial charge in [-0.2, -0.15) is 0 Å². The largest absolute Gasteiger partial charge is 0.465 e. The molecule has 1 amide bonds. The number of anilines is 2. The van der Waals surface area contributed by atoms with Crippen molar-refractivity contribution in [2.45, 2.75) is 18.7 Å². The number of nitrogens with one attached hydrogen (secondary N) is 1. The number of nitrogens with zero attached hydrogens (tertiary/aromatic N) is 1. The molecule has 200 valence electrons. The van der Waals surface area contributed by atoms with Crippen molar-refractivity contribution in [1.29, 1.82) is 0 Å². The number of sulfonamides is 1. The first-order valence-electron chi connectivity index (χ1n) is 12.1. The highest BCUT2D eigenvalue weighted by Gasteiger charge is 2.28. The minimum Gasteiger partial charge on any atom is -0.465 e. The van der Waals surface area contributed by atoms with Gasteiger partial charge in [0.25, 0.3) is 10.0 Å². The predicted molar refractivity (Wildman–Crippen MR) is 150 cm³/mol. The molecule has 4 aromatic carbocycles. The van der Waals surface area contributed by atoms with E-state index in [0.717, 1.165) is 9.87 Å². The standard InChI is InChI=1S/C30H28N2O6S/c1-21-12-18-26(19-13-21)39(35,36)32(23-14-16-25(17-15-23)38-24-8-5-4-6-9-24)20-29(33)31-28-11-7-10-27(22(28)2)30(34)37-3/h4-19H,20H2,1-3H3,(H,31,33). The van der Waals surface area contributed by atoms with Crippen LogP contribution in [0.1, 0.15) is 21.5 Å². The summed E-state index contributed by atoms with van der Waals surface area (Å²) in [5.41, 5.74) is 2.37. The molecule has 9 heteroatoms. The fraction of sp³-hybridized carbons (Fsp3) is 0.133. The van der Waals surface area contributed by atoms with E-state index in [1.807, 2.05) is 37.3 Å². The number of carbonyl (C=O) groups excluding carboxylic acids is 2. The van der Waals surface area contributed by atoms with Gasteiger partial charge in [0.05, 0.1) is 23.3 Å². The fourth-order valence-corrected chi connectivity index (χ4v) is 5.30. The first kappa shape index (κ1) is 27.4. The minimum atomic E-state index is -4.11. The van der Waals surface area contributed by atoms with Gasteiger partial charge in [0.1, 0.15) is 18.0 Å². The van der Waals surface area contributed by atoms with E-state index in [1.165, 1.54) is 19.2 Å². The summed E-state index contributed by atoms with van der Waals surface area (Å²) in [6.07, 6.45) is 0. The number of aryl methyl sites for hydroxylation is 1. The highest BCUT2D eigenvalue weighted by atomic mass is 32.2. The lowest BCUT2D eigenvalue weighted by atomic mass is 10.1. The Morgan fingerprint density at radius 3 is 2.08 bits per heavy atom. The Morgan fingerprint density at radius 2 is 1.44 bits per heavy atom. The van der Waals surface area contributed by atoms with Gasteiger partial charge < -0.3 is 14.8 Å². The van der Waals surface area contributed by atoms with Gasteiger partial charge in [-0.15, -0.1) is 0 Å². The van der Waals surface area contributed by atoms with Gasteiger partial charge in [-0.1, -0.05) is 42.0 Å². The average molecular weight is 545 g/mol. The number of benzene rings is 4. The maximum atomic E-state index is 13.7. The molecule has 0 saturated carbocycles. The Hall–Kier alpha value is -4.63. The molecule has 0 heterocycles. The summed E-state index contributed by atoms with van der Waals surface area (Å²) < 4.78 is 39.1. The van der Waals surface area contributed by atoms with Crippen LogP contribution < -0.4 is 14.4 Å². The van der Waals surface area contributed by atoms with Gasteiger partial charge in [-0.25, -0.2) is 13.2 Å². The summed E-state index contributed by atoms with van der Waals surface area (Å²) in [6, 6.07) is 26.9. The van der Waals surface area contributed by atoms with Crippen LogP contribution in [0.3, 0.4) is 0 Å². The summed E-state index contributed by atoms with van der Waals surface area (Å²) >= 11 is 0. The van der Waals surface area contributed by atoms with Crippen molar-refractivity contribution >= 4 is 33.3 Å². The summed E-state index contributed by atoms with van der Waals surface area (Å²) in [4.78, 5) is 25.3. The van der Waals surface area contributed by atoms with E-state index >= 15 is 0 Å². The Bertz CT molecular complexity index is 1570. The quantitative estimate of drug-likeness (QED) is 0.271. The summed E-state index contributed by atoms with van der Waals surface area (Å²) in [7, 11) is -2.83. The zero-order valence-corrected chi connectivity index (χ0v) is 22.6. The number of ether oxygens (including phenoxy) is 2. The molecule has 0 aliphatic rings. The van der Waals surface area contributed by atoms with Crippen molar-refractivity contribution in [3.05, 3.63) is 114 Å². The molecule has 4 rings (SSSR count). The third-order valence-corrected chi connectivity index (χ3v) is 7.80. The maximum Gasteiger partial charge on any atom is 0.338 e. The van der Waals surface area contributed by atoms with E-state index in [-0.39, 0.29) is 10.6 Å². The number of amides is 1. The van der Waals surface area contributed by atoms with Gasteiger partial charge in [-0.3, -0.25) is 9.10 Å². The summed E-state index contributed by atoms with van der Waals surface area (Å²) in [5.74, 6) is 0.0288. The number of hydrogen-bond donors (Lipinski definition) is 1. The topological polar surface area (TPSA) is 102 Å². The summed E-state index contributed by atoms with van der Waals surface area (Å²) in [6.45, 7) is 3.03. The second-order valence-electron chi connectivity index (χ2n) is 8.75. The molecular formula is C30H28N2O6S. The Balaban J connectivity index is 1.64. The van der Waals surface area contributed by atoms with Crippen LogP contribution in [0.2, 0.25) is 0 Å². The van der Waals surface area contributed by atoms with E-state index in [1.54, 1.807) is 61.5 Å². The highest BCUT2D eigenvalue weighted by Crippen LogP contribution is 2.28. The Labute approximate surface area is 227 Å². The minimum absolute atomic E-state index is 0.0504. The van der Waals surface area contributed by atoms with Gasteiger partial charge in [0.15, 0.2) is 0 Å². The molecule has 0 unspecified atom stereocenters. The molecule has 4 aromatic rings. The van der Waals surface area contributed by atoms with Crippen LogP contribution in [0.4, 0.5) is 11.4 Å². The molecule has 0 bridgehead atoms. The highest BCUT2D eigenvalue weighted by molar-refractivity contribution is 7.92. The molecule has 0 radical (unpaired) electrons. The van der Waals surface area contributed by atoms with Crippen LogP contribution in [0, 0.1) is 13.8 Å². The molecule has 0 aliphatic heterocycles. The van der Waals surface area contributed by atoms with E-state index in [9.17, 15) is 18.0 Å². The monoisotopic (exact) mass is 544 g/mol. The van der Waals surface area contributed by atoms with Crippen LogP contribution in [0.15, 0.2) is 102 Å². The molecule has 8 nitrogen and oxygen atoms in total. The van der Waals surface area contributed by atoms with Crippen LogP contribution >= 0.6 is 0 Å². The number of esters is 1. The van der Waals surface area contributed by atoms with Gasteiger partial charge in [-0.05, 0) is 80.1 Å². The van der Waals surface area contributed by atoms with Crippen molar-refractivity contribution in [2.75, 3.05) is 23.3 Å². The van der Waals surface area contributed by atoms with Crippen molar-refractivity contribution in [2.24, 2.45) is 0 Å². The van der Waals surface area contributed by atoms with Crippen molar-refractivity contribution in [1.82, 2.24) is 0 Å². The van der Waals surface area contributed by atoms with Crippen LogP contribution in [0.5, 0.6) is 11.5 Å². The Kier molecular flexibility index (Phi) is 8.31. The molecule has 0 spiro atoms. The number of para-hydroxylation sites is 1. The summed E-state index contributed by atoms with van der Waals surface area (Å²) in [5, 5.41) is 2.73. The normalized spacial score (nSPS) is 10.9. The first-order valence-corrected chi connectivity index (χ1v) is 13.5. The second-order valence-corrected chi connectivity index (χ2v) is 10.6. The van der Waals surface area contributed by atoms with Crippen LogP contribution in [0.25, 0.3) is 0 Å². The smallest absolute Gasteiger partial charge is 0.338 e. The zero-order chi connectivity index (χ0) is 28.0. The molecule has 1 N–H and O–H groups in total. The number of rotatable bonds is 9. The van der Waals surface area contributed by atoms with Crippen LogP contribution in [-0.2, 0) is 19.6 Å². The lowest BCUT2D eigenvalue weighted by Gasteiger charge is -2.24. The molecule has 0 aromatic heterocycles. The lowest BCUT2D eigenvalue weighted by molar-refractivity contribution is -0.114. The molecule has 0 fully saturated rings. The molecule has 0 atom stereocenters. The first-order chi connectivity index (χ1) is 18.7. The molecular weight excluding hydrogens is 516 g/mol. The third kappa shape index (κ3) is 6.45. The maximum absolute atomic E-state index is 13.7. The second kappa shape index (κ2) is 11.8. The van der Waals surface area contributed by atoms with Gasteiger partial charge in [0, 0.05) is 5.69 Å². The van der Waals surface area contributed by atoms with Crippen molar-refractivity contribution < 1.29 is 27.5 Å². The van der Waals surface area contributed by atoms with Crippen molar-refractivity contribution in [3.8, 4) is 11.5 Å². The number of methoxy groups -OCH3 is 1. The van der Waals surface area contributed by atoms with Gasteiger partial charge >= 0.3 is 5.97 Å². The number of hydrogen-bond acceptors (Lipinski definition) is 6. The average Bonchev–Trinajstić information content (AvgIpc) is 2.94. The van der Waals surface area contributed by atoms with E-state index in [0.29, 0.717) is 28.3 Å². The lowest BCUT2D eigenvalue weighted by Crippen LogP contribution is -2.38. The van der Waals surface area contributed by atoms with E-state index < -0.39 is 28.4 Å². The predicted octanol–water partition coefficient (Wildman–Crippen LogP) is 5.72. The third-order valence-electron chi connectivity index (χ3n) is 6.01. The van der Waals surface area contributed by atoms with E-state index in [2.05, 4.69) is 5.32 Å². The Morgan fingerprint density at radius 1 is 0.795 bits per heavy atom. The van der Waals surface area contributed by atoms with Crippen molar-refractivity contribution in [3.63, 3.8) is 0 Å².